The summed E-state index contributed by atoms with van der Waals surface area (Å²) in [5.41, 5.74) is 1.40. The molecule has 6 heteroatoms. The maximum absolute atomic E-state index is 13.6. The van der Waals surface area contributed by atoms with Crippen LogP contribution in [0.2, 0.25) is 0 Å². The Bertz CT molecular complexity index is 870. The smallest absolute Gasteiger partial charge is 0.322 e. The molecule has 26 heavy (non-hydrogen) atoms. The maximum Gasteiger partial charge on any atom is 0.322 e. The zero-order valence-electron chi connectivity index (χ0n) is 14.2. The number of carbonyl (C=O) groups is 1. The van der Waals surface area contributed by atoms with E-state index in [0.717, 1.165) is 5.56 Å². The molecule has 1 heterocycles. The van der Waals surface area contributed by atoms with Crippen LogP contribution >= 0.6 is 0 Å². The van der Waals surface area contributed by atoms with E-state index < -0.39 is 5.82 Å². The van der Waals surface area contributed by atoms with Crippen molar-refractivity contribution in [1.29, 1.82) is 0 Å². The molecule has 0 fully saturated rings. The topological polar surface area (TPSA) is 64.1 Å². The largest absolute Gasteiger partial charge is 0.421 e. The number of hydrogen-bond donors (Lipinski definition) is 1. The van der Waals surface area contributed by atoms with Gasteiger partial charge in [-0.3, -0.25) is 4.79 Å². The van der Waals surface area contributed by atoms with Crippen molar-refractivity contribution in [2.45, 2.75) is 19.3 Å². The van der Waals surface area contributed by atoms with Crippen LogP contribution in [-0.4, -0.2) is 15.9 Å². The van der Waals surface area contributed by atoms with Gasteiger partial charge in [0.05, 0.1) is 24.0 Å². The molecule has 2 aromatic carbocycles. The van der Waals surface area contributed by atoms with Crippen LogP contribution in [0.4, 0.5) is 10.1 Å². The Morgan fingerprint density at radius 2 is 1.73 bits per heavy atom. The van der Waals surface area contributed by atoms with Gasteiger partial charge in [0.25, 0.3) is 0 Å². The Morgan fingerprint density at radius 3 is 2.38 bits per heavy atom. The summed E-state index contributed by atoms with van der Waals surface area (Å²) in [5, 5.41) is 2.80. The molecule has 0 aliphatic carbocycles. The van der Waals surface area contributed by atoms with Gasteiger partial charge in [0.2, 0.25) is 5.91 Å². The number of amides is 1. The molecule has 1 unspecified atom stereocenters. The second-order valence-corrected chi connectivity index (χ2v) is 5.65. The summed E-state index contributed by atoms with van der Waals surface area (Å²) in [6, 6.07) is 15.6. The van der Waals surface area contributed by atoms with E-state index in [4.69, 9.17) is 4.74 Å². The van der Waals surface area contributed by atoms with Crippen molar-refractivity contribution in [2.24, 2.45) is 0 Å². The number of nitrogens with zero attached hydrogens (tertiary/aromatic N) is 2. The van der Waals surface area contributed by atoms with E-state index in [-0.39, 0.29) is 23.6 Å². The van der Waals surface area contributed by atoms with Crippen molar-refractivity contribution in [3.05, 3.63) is 78.4 Å². The van der Waals surface area contributed by atoms with E-state index in [1.807, 2.05) is 37.3 Å². The molecule has 0 aliphatic heterocycles. The van der Waals surface area contributed by atoms with Gasteiger partial charge in [0.1, 0.15) is 0 Å². The zero-order chi connectivity index (χ0) is 18.4. The Balaban J connectivity index is 1.67. The lowest BCUT2D eigenvalue weighted by molar-refractivity contribution is -0.117. The van der Waals surface area contributed by atoms with Gasteiger partial charge >= 0.3 is 6.01 Å². The number of ether oxygens (including phenoxy) is 1. The van der Waals surface area contributed by atoms with Crippen LogP contribution in [0.1, 0.15) is 24.8 Å². The number of nitrogens with one attached hydrogen (secondary N) is 1. The first-order valence-corrected chi connectivity index (χ1v) is 8.27. The van der Waals surface area contributed by atoms with E-state index in [1.165, 1.54) is 24.5 Å². The predicted octanol–water partition coefficient (Wildman–Crippen LogP) is 4.54. The fourth-order valence-electron chi connectivity index (χ4n) is 2.55. The van der Waals surface area contributed by atoms with Crippen LogP contribution in [0.25, 0.3) is 0 Å². The van der Waals surface area contributed by atoms with E-state index >= 15 is 0 Å². The highest BCUT2D eigenvalue weighted by Gasteiger charge is 2.18. The Morgan fingerprint density at radius 1 is 1.08 bits per heavy atom. The molecule has 0 radical (unpaired) electrons. The average Bonchev–Trinajstić information content (AvgIpc) is 2.67. The Labute approximate surface area is 150 Å². The fraction of sp³-hybridized carbons (Fsp3) is 0.150. The van der Waals surface area contributed by atoms with Gasteiger partial charge < -0.3 is 10.1 Å². The lowest BCUT2D eigenvalue weighted by Crippen LogP contribution is -2.20. The highest BCUT2D eigenvalue weighted by Crippen LogP contribution is 2.23. The number of aromatic nitrogens is 2. The average molecular weight is 351 g/mol. The van der Waals surface area contributed by atoms with Crippen molar-refractivity contribution < 1.29 is 13.9 Å². The minimum atomic E-state index is -0.498. The Hall–Kier alpha value is -3.28. The van der Waals surface area contributed by atoms with Crippen LogP contribution in [0, 0.1) is 5.82 Å². The van der Waals surface area contributed by atoms with Crippen LogP contribution in [0.5, 0.6) is 11.8 Å². The minimum absolute atomic E-state index is 0.00296. The molecular weight excluding hydrogens is 333 g/mol. The molecule has 0 spiro atoms. The van der Waals surface area contributed by atoms with Gasteiger partial charge in [0, 0.05) is 0 Å². The molecule has 3 rings (SSSR count). The third kappa shape index (κ3) is 4.22. The van der Waals surface area contributed by atoms with Gasteiger partial charge in [-0.2, -0.15) is 0 Å². The summed E-state index contributed by atoms with van der Waals surface area (Å²) in [6.07, 6.45) is 3.53. The quantitative estimate of drug-likeness (QED) is 0.708. The lowest BCUT2D eigenvalue weighted by atomic mass is 9.95. The van der Waals surface area contributed by atoms with Gasteiger partial charge in [0.15, 0.2) is 11.6 Å². The van der Waals surface area contributed by atoms with Gasteiger partial charge in [-0.05, 0) is 24.1 Å². The number of para-hydroxylation sites is 1. The summed E-state index contributed by atoms with van der Waals surface area (Å²) in [7, 11) is 0. The SMILES string of the molecule is CCC(C(=O)Nc1cnc(Oc2ccccc2F)nc1)c1ccccc1. The van der Waals surface area contributed by atoms with Crippen molar-refractivity contribution >= 4 is 11.6 Å². The van der Waals surface area contributed by atoms with Crippen LogP contribution in [0.15, 0.2) is 67.0 Å². The van der Waals surface area contributed by atoms with Gasteiger partial charge in [-0.15, -0.1) is 0 Å². The van der Waals surface area contributed by atoms with Gasteiger partial charge in [-0.1, -0.05) is 49.4 Å². The molecule has 5 nitrogen and oxygen atoms in total. The molecule has 3 aromatic rings. The summed E-state index contributed by atoms with van der Waals surface area (Å²) in [6.45, 7) is 1.96. The number of halogens is 1. The first-order chi connectivity index (χ1) is 12.7. The van der Waals surface area contributed by atoms with Crippen molar-refractivity contribution in [1.82, 2.24) is 9.97 Å². The monoisotopic (exact) mass is 351 g/mol. The van der Waals surface area contributed by atoms with Crippen molar-refractivity contribution in [2.75, 3.05) is 5.32 Å². The number of rotatable bonds is 6. The molecule has 0 aliphatic rings. The maximum atomic E-state index is 13.6. The molecule has 1 atom stereocenters. The molecule has 1 aromatic heterocycles. The lowest BCUT2D eigenvalue weighted by Gasteiger charge is -2.15. The highest BCUT2D eigenvalue weighted by atomic mass is 19.1. The van der Waals surface area contributed by atoms with E-state index in [0.29, 0.717) is 12.1 Å². The summed E-state index contributed by atoms with van der Waals surface area (Å²) >= 11 is 0. The normalized spacial score (nSPS) is 11.6. The minimum Gasteiger partial charge on any atom is -0.421 e. The summed E-state index contributed by atoms with van der Waals surface area (Å²) in [4.78, 5) is 20.5. The standard InChI is InChI=1S/C20H18FN3O2/c1-2-16(14-8-4-3-5-9-14)19(25)24-15-12-22-20(23-13-15)26-18-11-7-6-10-17(18)21/h3-13,16H,2H2,1H3,(H,24,25). The molecule has 1 amide bonds. The molecule has 132 valence electrons. The highest BCUT2D eigenvalue weighted by molar-refractivity contribution is 5.95. The fourth-order valence-corrected chi connectivity index (χ4v) is 2.55. The summed E-state index contributed by atoms with van der Waals surface area (Å²) in [5.74, 6) is -0.850. The zero-order valence-corrected chi connectivity index (χ0v) is 14.2. The molecular formula is C20H18FN3O2. The van der Waals surface area contributed by atoms with Crippen LogP contribution in [-0.2, 0) is 4.79 Å². The second kappa shape index (κ2) is 8.20. The molecule has 0 saturated carbocycles. The number of hydrogen-bond acceptors (Lipinski definition) is 4. The third-order valence-electron chi connectivity index (χ3n) is 3.86. The van der Waals surface area contributed by atoms with E-state index in [1.54, 1.807) is 12.1 Å². The first-order valence-electron chi connectivity index (χ1n) is 8.27. The van der Waals surface area contributed by atoms with Crippen molar-refractivity contribution in [3.63, 3.8) is 0 Å². The van der Waals surface area contributed by atoms with Crippen LogP contribution in [0.3, 0.4) is 0 Å². The molecule has 0 saturated heterocycles. The predicted molar refractivity (Wildman–Crippen MR) is 96.6 cm³/mol. The third-order valence-corrected chi connectivity index (χ3v) is 3.86. The summed E-state index contributed by atoms with van der Waals surface area (Å²) < 4.78 is 18.9. The van der Waals surface area contributed by atoms with E-state index in [2.05, 4.69) is 15.3 Å². The second-order valence-electron chi connectivity index (χ2n) is 5.65. The number of benzene rings is 2. The number of anilines is 1. The molecule has 0 bridgehead atoms. The number of carbonyl (C=O) groups excluding carboxylic acids is 1. The van der Waals surface area contributed by atoms with Crippen molar-refractivity contribution in [3.8, 4) is 11.8 Å². The molecule has 1 N–H and O–H groups in total. The van der Waals surface area contributed by atoms with Crippen LogP contribution < -0.4 is 10.1 Å². The van der Waals surface area contributed by atoms with Gasteiger partial charge in [-0.25, -0.2) is 14.4 Å². The van der Waals surface area contributed by atoms with E-state index in [9.17, 15) is 9.18 Å². The Kier molecular flexibility index (Phi) is 5.53. The first kappa shape index (κ1) is 17.5.